The number of nitrogens with zero attached hydrogens (tertiary/aromatic N) is 1. The van der Waals surface area contributed by atoms with Crippen LogP contribution in [0.2, 0.25) is 0 Å². The van der Waals surface area contributed by atoms with Gasteiger partial charge in [0.2, 0.25) is 0 Å². The summed E-state index contributed by atoms with van der Waals surface area (Å²) < 4.78 is 6.51. The van der Waals surface area contributed by atoms with Crippen LogP contribution in [0.25, 0.3) is 0 Å². The van der Waals surface area contributed by atoms with Crippen molar-refractivity contribution in [2.45, 2.75) is 50.7 Å². The minimum Gasteiger partial charge on any atom is -0.367 e. The summed E-state index contributed by atoms with van der Waals surface area (Å²) in [4.78, 5) is 19.4. The molecule has 1 aromatic heterocycles. The molecule has 1 aliphatic carbocycles. The molecular weight excluding hydrogens is 331 g/mol. The zero-order chi connectivity index (χ0) is 12.0. The Morgan fingerprint density at radius 2 is 2.12 bits per heavy atom. The van der Waals surface area contributed by atoms with Crippen molar-refractivity contribution in [1.29, 1.82) is 0 Å². The number of rotatable bonds is 2. The second-order valence-electron chi connectivity index (χ2n) is 4.94. The number of hydrogen-bond acceptors (Lipinski definition) is 3. The fraction of sp³-hybridized carbons (Fsp3) is 0.667. The Bertz CT molecular complexity index is 496. The largest absolute Gasteiger partial charge is 0.367 e. The maximum Gasteiger partial charge on any atom is 0.264 e. The molecule has 2 unspecified atom stereocenters. The topological polar surface area (TPSA) is 55.0 Å². The highest BCUT2D eigenvalue weighted by Gasteiger charge is 2.31. The van der Waals surface area contributed by atoms with Crippen LogP contribution < -0.4 is 5.56 Å². The molecule has 0 aromatic carbocycles. The fourth-order valence-corrected chi connectivity index (χ4v) is 2.97. The lowest BCUT2D eigenvalue weighted by Gasteiger charge is -2.12. The summed E-state index contributed by atoms with van der Waals surface area (Å²) in [6, 6.07) is 0. The Kier molecular flexibility index (Phi) is 2.98. The van der Waals surface area contributed by atoms with Crippen molar-refractivity contribution in [1.82, 2.24) is 9.97 Å². The maximum absolute atomic E-state index is 11.9. The number of H-pyrrole nitrogens is 1. The van der Waals surface area contributed by atoms with Crippen LogP contribution in [0.1, 0.15) is 56.1 Å². The van der Waals surface area contributed by atoms with Crippen LogP contribution in [0.3, 0.4) is 0 Å². The van der Waals surface area contributed by atoms with Crippen molar-refractivity contribution < 1.29 is 4.74 Å². The molecule has 2 fully saturated rings. The first-order valence-corrected chi connectivity index (χ1v) is 7.18. The van der Waals surface area contributed by atoms with E-state index in [2.05, 4.69) is 39.5 Å². The van der Waals surface area contributed by atoms with Gasteiger partial charge in [0, 0.05) is 5.92 Å². The molecule has 92 valence electrons. The van der Waals surface area contributed by atoms with Gasteiger partial charge in [-0.3, -0.25) is 4.79 Å². The number of aromatic amines is 1. The van der Waals surface area contributed by atoms with E-state index >= 15 is 0 Å². The average Bonchev–Trinajstić information content (AvgIpc) is 3.05. The van der Waals surface area contributed by atoms with Crippen molar-refractivity contribution in [2.75, 3.05) is 0 Å². The number of nitrogens with one attached hydrogen (secondary N) is 1. The third-order valence-electron chi connectivity index (χ3n) is 3.41. The van der Waals surface area contributed by atoms with E-state index in [1.165, 1.54) is 0 Å². The fourth-order valence-electron chi connectivity index (χ4n) is 2.28. The van der Waals surface area contributed by atoms with Crippen LogP contribution in [-0.4, -0.2) is 16.1 Å². The molecule has 1 saturated heterocycles. The number of halogens is 1. The van der Waals surface area contributed by atoms with Crippen LogP contribution >= 0.6 is 22.6 Å². The van der Waals surface area contributed by atoms with E-state index < -0.39 is 0 Å². The summed E-state index contributed by atoms with van der Waals surface area (Å²) in [7, 11) is 0. The Labute approximate surface area is 113 Å². The van der Waals surface area contributed by atoms with Gasteiger partial charge in [-0.2, -0.15) is 0 Å². The van der Waals surface area contributed by atoms with E-state index in [0.29, 0.717) is 5.92 Å². The molecule has 5 heteroatoms. The SMILES string of the molecule is CC1CCC(c2nc(C3CC3)c(I)c(=O)[nH]2)O1. The Morgan fingerprint density at radius 1 is 1.35 bits per heavy atom. The third kappa shape index (κ3) is 2.27. The standard InChI is InChI=1S/C12H15IN2O2/c1-6-2-5-8(17-6)11-14-10(7-3-4-7)9(13)12(16)15-11/h6-8H,2-5H2,1H3,(H,14,15,16). The first kappa shape index (κ1) is 11.6. The summed E-state index contributed by atoms with van der Waals surface area (Å²) in [6.45, 7) is 2.06. The molecule has 0 bridgehead atoms. The molecule has 1 N–H and O–H groups in total. The van der Waals surface area contributed by atoms with Crippen molar-refractivity contribution in [3.05, 3.63) is 25.4 Å². The molecule has 2 atom stereocenters. The Morgan fingerprint density at radius 3 is 2.71 bits per heavy atom. The van der Waals surface area contributed by atoms with E-state index in [1.54, 1.807) is 0 Å². The van der Waals surface area contributed by atoms with Gasteiger partial charge < -0.3 is 9.72 Å². The maximum atomic E-state index is 11.9. The number of aromatic nitrogens is 2. The lowest BCUT2D eigenvalue weighted by molar-refractivity contribution is 0.0499. The summed E-state index contributed by atoms with van der Waals surface area (Å²) in [5, 5.41) is 0. The summed E-state index contributed by atoms with van der Waals surface area (Å²) in [5.41, 5.74) is 0.966. The summed E-state index contributed by atoms with van der Waals surface area (Å²) in [6.07, 6.45) is 4.57. The van der Waals surface area contributed by atoms with Crippen LogP contribution in [-0.2, 0) is 4.74 Å². The molecule has 1 aromatic rings. The smallest absolute Gasteiger partial charge is 0.264 e. The van der Waals surface area contributed by atoms with Gasteiger partial charge >= 0.3 is 0 Å². The summed E-state index contributed by atoms with van der Waals surface area (Å²) in [5.74, 6) is 1.23. The van der Waals surface area contributed by atoms with Crippen LogP contribution in [0.15, 0.2) is 4.79 Å². The molecule has 3 rings (SSSR count). The molecule has 2 aliphatic rings. The Balaban J connectivity index is 1.97. The third-order valence-corrected chi connectivity index (χ3v) is 4.45. The lowest BCUT2D eigenvalue weighted by Crippen LogP contribution is -2.20. The van der Waals surface area contributed by atoms with Gasteiger partial charge in [-0.15, -0.1) is 0 Å². The van der Waals surface area contributed by atoms with Crippen molar-refractivity contribution >= 4 is 22.6 Å². The summed E-state index contributed by atoms with van der Waals surface area (Å²) >= 11 is 2.10. The molecule has 0 radical (unpaired) electrons. The van der Waals surface area contributed by atoms with Gasteiger partial charge in [0.25, 0.3) is 5.56 Å². The zero-order valence-electron chi connectivity index (χ0n) is 9.70. The Hall–Kier alpha value is -0.430. The zero-order valence-corrected chi connectivity index (χ0v) is 11.9. The minimum absolute atomic E-state index is 0.0133. The van der Waals surface area contributed by atoms with E-state index in [-0.39, 0.29) is 17.8 Å². The molecule has 0 spiro atoms. The number of hydrogen-bond donors (Lipinski definition) is 1. The second kappa shape index (κ2) is 4.35. The quantitative estimate of drug-likeness (QED) is 0.838. The van der Waals surface area contributed by atoms with Gasteiger partial charge in [-0.05, 0) is 55.2 Å². The van der Waals surface area contributed by atoms with Gasteiger partial charge in [-0.1, -0.05) is 0 Å². The van der Waals surface area contributed by atoms with Gasteiger partial charge in [0.15, 0.2) is 0 Å². The molecule has 17 heavy (non-hydrogen) atoms. The van der Waals surface area contributed by atoms with Crippen LogP contribution in [0.5, 0.6) is 0 Å². The number of ether oxygens (including phenoxy) is 1. The van der Waals surface area contributed by atoms with Gasteiger partial charge in [-0.25, -0.2) is 4.98 Å². The molecule has 4 nitrogen and oxygen atoms in total. The molecule has 2 heterocycles. The highest BCUT2D eigenvalue weighted by molar-refractivity contribution is 14.1. The van der Waals surface area contributed by atoms with E-state index in [9.17, 15) is 4.79 Å². The van der Waals surface area contributed by atoms with E-state index in [4.69, 9.17) is 4.74 Å². The van der Waals surface area contributed by atoms with Crippen molar-refractivity contribution in [2.24, 2.45) is 0 Å². The molecule has 1 aliphatic heterocycles. The lowest BCUT2D eigenvalue weighted by atomic mass is 10.2. The predicted molar refractivity (Wildman–Crippen MR) is 72.1 cm³/mol. The minimum atomic E-state index is -0.0211. The molecule has 0 amide bonds. The van der Waals surface area contributed by atoms with Gasteiger partial charge in [0.1, 0.15) is 11.9 Å². The molecular formula is C12H15IN2O2. The van der Waals surface area contributed by atoms with Crippen molar-refractivity contribution in [3.8, 4) is 0 Å². The first-order chi connectivity index (χ1) is 8.15. The second-order valence-corrected chi connectivity index (χ2v) is 6.02. The highest BCUT2D eigenvalue weighted by Crippen LogP contribution is 2.41. The van der Waals surface area contributed by atoms with Crippen molar-refractivity contribution in [3.63, 3.8) is 0 Å². The molecule has 1 saturated carbocycles. The van der Waals surface area contributed by atoms with Gasteiger partial charge in [0.05, 0.1) is 15.4 Å². The first-order valence-electron chi connectivity index (χ1n) is 6.10. The van der Waals surface area contributed by atoms with E-state index in [1.807, 2.05) is 0 Å². The normalized spacial score (nSPS) is 28.6. The predicted octanol–water partition coefficient (Wildman–Crippen LogP) is 2.49. The van der Waals surface area contributed by atoms with Crippen LogP contribution in [0.4, 0.5) is 0 Å². The average molecular weight is 346 g/mol. The highest BCUT2D eigenvalue weighted by atomic mass is 127. The van der Waals surface area contributed by atoms with E-state index in [0.717, 1.165) is 40.8 Å². The monoisotopic (exact) mass is 346 g/mol. The van der Waals surface area contributed by atoms with Crippen LogP contribution in [0, 0.1) is 3.57 Å².